The van der Waals surface area contributed by atoms with Gasteiger partial charge in [-0.25, -0.2) is 9.07 Å². The number of aromatic nitrogens is 2. The fraction of sp³-hybridized carbons (Fsp3) is 0.345. The number of nitrogens with zero attached hydrogens (tertiary/aromatic N) is 2. The summed E-state index contributed by atoms with van der Waals surface area (Å²) in [6.07, 6.45) is 6.29. The van der Waals surface area contributed by atoms with Crippen LogP contribution >= 0.6 is 11.8 Å². The Morgan fingerprint density at radius 3 is 2.53 bits per heavy atom. The van der Waals surface area contributed by atoms with E-state index < -0.39 is 6.10 Å². The molecule has 0 radical (unpaired) electrons. The van der Waals surface area contributed by atoms with Crippen LogP contribution in [0.1, 0.15) is 52.3 Å². The molecule has 0 aliphatic heterocycles. The predicted molar refractivity (Wildman–Crippen MR) is 142 cm³/mol. The highest BCUT2D eigenvalue weighted by atomic mass is 32.2. The Labute approximate surface area is 207 Å². The number of rotatable bonds is 5. The van der Waals surface area contributed by atoms with Gasteiger partial charge >= 0.3 is 0 Å². The van der Waals surface area contributed by atoms with Gasteiger partial charge in [-0.2, -0.15) is 5.10 Å². The molecule has 0 amide bonds. The Morgan fingerprint density at radius 2 is 1.85 bits per heavy atom. The van der Waals surface area contributed by atoms with E-state index in [0.29, 0.717) is 0 Å². The molecule has 1 N–H and O–H groups in total. The summed E-state index contributed by atoms with van der Waals surface area (Å²) in [5, 5.41) is 15.8. The van der Waals surface area contributed by atoms with Crippen molar-refractivity contribution in [3.8, 4) is 5.69 Å². The van der Waals surface area contributed by atoms with Crippen LogP contribution in [0.2, 0.25) is 0 Å². The molecule has 0 bridgehead atoms. The lowest BCUT2D eigenvalue weighted by Crippen LogP contribution is -2.36. The van der Waals surface area contributed by atoms with Crippen molar-refractivity contribution in [2.75, 3.05) is 0 Å². The molecule has 3 nitrogen and oxygen atoms in total. The highest BCUT2D eigenvalue weighted by Crippen LogP contribution is 2.55. The second kappa shape index (κ2) is 10.7. The van der Waals surface area contributed by atoms with E-state index in [2.05, 4.69) is 24.7 Å². The second-order valence-electron chi connectivity index (χ2n) is 8.68. The van der Waals surface area contributed by atoms with E-state index in [9.17, 15) is 9.50 Å². The lowest BCUT2D eigenvalue weighted by Gasteiger charge is -2.38. The zero-order valence-electron chi connectivity index (χ0n) is 19.5. The zero-order chi connectivity index (χ0) is 23.6. The van der Waals surface area contributed by atoms with E-state index in [4.69, 9.17) is 0 Å². The van der Waals surface area contributed by atoms with Crippen molar-refractivity contribution in [2.45, 2.75) is 58.5 Å². The van der Waals surface area contributed by atoms with Crippen LogP contribution < -0.4 is 0 Å². The van der Waals surface area contributed by atoms with Crippen molar-refractivity contribution < 1.29 is 9.50 Å². The fourth-order valence-electron chi connectivity index (χ4n) is 5.10. The van der Waals surface area contributed by atoms with Crippen molar-refractivity contribution >= 4 is 17.8 Å². The minimum atomic E-state index is -0.574. The van der Waals surface area contributed by atoms with Gasteiger partial charge in [-0.15, -0.1) is 0 Å². The average molecular weight is 479 g/mol. The Morgan fingerprint density at radius 1 is 1.18 bits per heavy atom. The van der Waals surface area contributed by atoms with E-state index in [1.165, 1.54) is 17.7 Å². The first kappa shape index (κ1) is 26.0. The van der Waals surface area contributed by atoms with Gasteiger partial charge in [0.2, 0.25) is 0 Å². The van der Waals surface area contributed by atoms with Crippen LogP contribution in [0.3, 0.4) is 0 Å². The highest BCUT2D eigenvalue weighted by molar-refractivity contribution is 8.03. The minimum absolute atomic E-state index is 0. The Kier molecular flexibility index (Phi) is 8.21. The summed E-state index contributed by atoms with van der Waals surface area (Å²) in [4.78, 5) is 1.89. The van der Waals surface area contributed by atoms with Crippen LogP contribution in [-0.4, -0.2) is 21.0 Å². The van der Waals surface area contributed by atoms with E-state index in [1.807, 2.05) is 55.1 Å². The number of hydrogen-bond acceptors (Lipinski definition) is 3. The molecule has 2 aliphatic carbocycles. The molecule has 34 heavy (non-hydrogen) atoms. The smallest absolute Gasteiger partial charge is 0.123 e. The summed E-state index contributed by atoms with van der Waals surface area (Å²) in [5.74, 6) is -0.137. The lowest BCUT2D eigenvalue weighted by atomic mass is 9.68. The van der Waals surface area contributed by atoms with Gasteiger partial charge in [-0.1, -0.05) is 70.3 Å². The zero-order valence-corrected chi connectivity index (χ0v) is 20.3. The Hall–Kier alpha value is -2.63. The van der Waals surface area contributed by atoms with E-state index in [1.54, 1.807) is 23.9 Å². The van der Waals surface area contributed by atoms with Gasteiger partial charge in [0.15, 0.2) is 0 Å². The second-order valence-corrected chi connectivity index (χ2v) is 9.88. The fourth-order valence-corrected chi connectivity index (χ4v) is 5.98. The average Bonchev–Trinajstić information content (AvgIpc) is 3.39. The van der Waals surface area contributed by atoms with Crippen molar-refractivity contribution in [1.29, 1.82) is 0 Å². The first-order chi connectivity index (χ1) is 16.0. The van der Waals surface area contributed by atoms with E-state index in [0.717, 1.165) is 46.0 Å². The molecule has 1 saturated carbocycles. The highest BCUT2D eigenvalue weighted by Gasteiger charge is 2.48. The van der Waals surface area contributed by atoms with Crippen LogP contribution in [0.15, 0.2) is 82.7 Å². The maximum atomic E-state index is 13.3. The van der Waals surface area contributed by atoms with Gasteiger partial charge in [0.25, 0.3) is 0 Å². The number of benzene rings is 2. The molecule has 1 aromatic heterocycles. The summed E-state index contributed by atoms with van der Waals surface area (Å²) >= 11 is 1.55. The number of aliphatic hydroxyl groups excluding tert-OH is 1. The Balaban J connectivity index is 0.00000105. The van der Waals surface area contributed by atoms with E-state index >= 15 is 0 Å². The van der Waals surface area contributed by atoms with Gasteiger partial charge in [-0.05, 0) is 78.6 Å². The van der Waals surface area contributed by atoms with Crippen LogP contribution in [0, 0.1) is 17.2 Å². The topological polar surface area (TPSA) is 38.1 Å². The third-order valence-electron chi connectivity index (χ3n) is 6.81. The lowest BCUT2D eigenvalue weighted by molar-refractivity contribution is 0.0897. The number of fused-ring (bicyclic) bond motifs is 2. The normalized spacial score (nSPS) is 21.2. The molecule has 5 rings (SSSR count). The van der Waals surface area contributed by atoms with Crippen LogP contribution in [0.25, 0.3) is 11.8 Å². The van der Waals surface area contributed by atoms with Gasteiger partial charge in [0, 0.05) is 9.80 Å². The third-order valence-corrected chi connectivity index (χ3v) is 7.82. The molecule has 5 heteroatoms. The molecular formula is C29H35FN2OS. The van der Waals surface area contributed by atoms with Crippen LogP contribution in [0.5, 0.6) is 0 Å². The SMILES string of the molecule is C.C=C(Sc1ccccc1)C(O)C1CCC2=Cc3c(cnn3-c3ccc(F)cc3)CC21C.CC. The molecule has 180 valence electrons. The number of aliphatic hydroxyl groups is 1. The summed E-state index contributed by atoms with van der Waals surface area (Å²) < 4.78 is 15.2. The van der Waals surface area contributed by atoms with Crippen molar-refractivity contribution in [3.63, 3.8) is 0 Å². The van der Waals surface area contributed by atoms with E-state index in [-0.39, 0.29) is 24.6 Å². The van der Waals surface area contributed by atoms with Crippen molar-refractivity contribution in [1.82, 2.24) is 9.78 Å². The minimum Gasteiger partial charge on any atom is -0.388 e. The first-order valence-electron chi connectivity index (χ1n) is 11.6. The van der Waals surface area contributed by atoms with Crippen molar-refractivity contribution in [3.05, 3.63) is 94.9 Å². The molecule has 3 aromatic rings. The van der Waals surface area contributed by atoms with Crippen LogP contribution in [0.4, 0.5) is 4.39 Å². The molecule has 0 saturated heterocycles. The third kappa shape index (κ3) is 4.77. The molecule has 2 aromatic carbocycles. The quantitative estimate of drug-likeness (QED) is 0.382. The summed E-state index contributed by atoms with van der Waals surface area (Å²) in [6.45, 7) is 10.5. The van der Waals surface area contributed by atoms with Crippen LogP contribution in [-0.2, 0) is 6.42 Å². The molecule has 1 heterocycles. The van der Waals surface area contributed by atoms with Gasteiger partial charge in [0.1, 0.15) is 5.82 Å². The Bertz CT molecular complexity index is 1150. The molecule has 2 aliphatic rings. The van der Waals surface area contributed by atoms with Crippen molar-refractivity contribution in [2.24, 2.45) is 11.3 Å². The number of allylic oxidation sites excluding steroid dienone is 1. The number of hydrogen-bond donors (Lipinski definition) is 1. The maximum absolute atomic E-state index is 13.3. The maximum Gasteiger partial charge on any atom is 0.123 e. The summed E-state index contributed by atoms with van der Waals surface area (Å²) in [5.41, 5.74) is 4.31. The summed E-state index contributed by atoms with van der Waals surface area (Å²) in [7, 11) is 0. The molecule has 3 unspecified atom stereocenters. The van der Waals surface area contributed by atoms with Gasteiger partial charge in [0.05, 0.1) is 23.7 Å². The molecule has 0 spiro atoms. The predicted octanol–water partition coefficient (Wildman–Crippen LogP) is 7.70. The number of halogens is 1. The first-order valence-corrected chi connectivity index (χ1v) is 12.4. The standard InChI is InChI=1S/C26H25FN2OS.C2H6.CH4/c1-17(31-22-6-4-3-5-7-22)25(30)23-13-8-19-14-24-18(15-26(19,23)2)16-28-29(24)21-11-9-20(27)10-12-21;1-2;/h3-7,9-12,14,16,23,25,30H,1,8,13,15H2,2H3;1-2H3;1H4. The number of thioether (sulfide) groups is 1. The monoisotopic (exact) mass is 478 g/mol. The summed E-state index contributed by atoms with van der Waals surface area (Å²) in [6, 6.07) is 16.5. The van der Waals surface area contributed by atoms with Gasteiger partial charge < -0.3 is 5.11 Å². The largest absolute Gasteiger partial charge is 0.388 e. The molecule has 1 fully saturated rings. The van der Waals surface area contributed by atoms with Gasteiger partial charge in [-0.3, -0.25) is 0 Å². The molecular weight excluding hydrogens is 443 g/mol. The molecule has 3 atom stereocenters.